The van der Waals surface area contributed by atoms with Crippen molar-refractivity contribution in [2.24, 2.45) is 0 Å². The molecule has 3 nitrogen and oxygen atoms in total. The molecule has 0 spiro atoms. The van der Waals surface area contributed by atoms with Gasteiger partial charge in [0.25, 0.3) is 0 Å². The minimum atomic E-state index is 0.496. The van der Waals surface area contributed by atoms with Crippen LogP contribution in [0.2, 0.25) is 5.02 Å². The van der Waals surface area contributed by atoms with Gasteiger partial charge in [0.15, 0.2) is 0 Å². The van der Waals surface area contributed by atoms with Crippen LogP contribution >= 0.6 is 40.0 Å². The Labute approximate surface area is 113 Å². The maximum atomic E-state index is 9.05. The molecule has 0 aliphatic carbocycles. The second-order valence-corrected chi connectivity index (χ2v) is 5.49. The molecule has 2 aromatic rings. The quantitative estimate of drug-likeness (QED) is 0.602. The lowest BCUT2D eigenvalue weighted by Crippen LogP contribution is -1.91. The lowest BCUT2D eigenvalue weighted by atomic mass is 10.1. The number of hydrogen-bond acceptors (Lipinski definition) is 2. The van der Waals surface area contributed by atoms with Crippen LogP contribution in [-0.2, 0) is 0 Å². The predicted molar refractivity (Wildman–Crippen MR) is 75.1 cm³/mol. The SMILES string of the molecule is N#Cc1ccc(Cl)cc1-c1ccnn1PI. The lowest BCUT2D eigenvalue weighted by molar-refractivity contribution is 1.02. The van der Waals surface area contributed by atoms with Gasteiger partial charge in [-0.15, -0.1) is 0 Å². The van der Waals surface area contributed by atoms with Crippen LogP contribution in [-0.4, -0.2) is 9.55 Å². The standard InChI is InChI=1S/C10H6ClIN3P/c11-8-2-1-7(6-13)9(5-8)10-3-4-14-15(10)16-12/h1-5,16H. The smallest absolute Gasteiger partial charge is 0.0998 e. The van der Waals surface area contributed by atoms with E-state index in [1.165, 1.54) is 0 Å². The van der Waals surface area contributed by atoms with E-state index in [0.717, 1.165) is 11.3 Å². The van der Waals surface area contributed by atoms with Gasteiger partial charge in [0.1, 0.15) is 0 Å². The molecule has 1 atom stereocenters. The summed E-state index contributed by atoms with van der Waals surface area (Å²) >= 11 is 8.19. The Morgan fingerprint density at radius 2 is 2.25 bits per heavy atom. The molecule has 0 aliphatic heterocycles. The third-order valence-corrected chi connectivity index (χ3v) is 4.22. The number of halogens is 2. The van der Waals surface area contributed by atoms with Crippen LogP contribution in [0.1, 0.15) is 5.56 Å². The fourth-order valence-electron chi connectivity index (χ4n) is 1.40. The van der Waals surface area contributed by atoms with E-state index in [1.807, 2.05) is 10.5 Å². The van der Waals surface area contributed by atoms with Crippen LogP contribution in [0.3, 0.4) is 0 Å². The third-order valence-electron chi connectivity index (χ3n) is 2.10. The van der Waals surface area contributed by atoms with Crippen molar-refractivity contribution >= 4 is 40.0 Å². The van der Waals surface area contributed by atoms with Crippen molar-refractivity contribution in [3.8, 4) is 17.3 Å². The third kappa shape index (κ3) is 2.22. The van der Waals surface area contributed by atoms with Gasteiger partial charge in [-0.3, -0.25) is 0 Å². The van der Waals surface area contributed by atoms with Gasteiger partial charge in [-0.1, -0.05) is 11.6 Å². The zero-order chi connectivity index (χ0) is 11.5. The van der Waals surface area contributed by atoms with Gasteiger partial charge in [0.05, 0.1) is 23.7 Å². The molecule has 0 fully saturated rings. The summed E-state index contributed by atoms with van der Waals surface area (Å²) in [5, 5.41) is 13.9. The largest absolute Gasteiger partial charge is 0.237 e. The highest BCUT2D eigenvalue weighted by Crippen LogP contribution is 2.33. The normalized spacial score (nSPS) is 10.8. The van der Waals surface area contributed by atoms with Crippen LogP contribution in [0.4, 0.5) is 0 Å². The maximum Gasteiger partial charge on any atom is 0.0998 e. The zero-order valence-electron chi connectivity index (χ0n) is 7.98. The number of rotatable bonds is 2. The van der Waals surface area contributed by atoms with E-state index in [0.29, 0.717) is 17.0 Å². The molecule has 0 N–H and O–H groups in total. The van der Waals surface area contributed by atoms with E-state index in [-0.39, 0.29) is 0 Å². The Balaban J connectivity index is 2.64. The number of nitriles is 1. The predicted octanol–water partition coefficient (Wildman–Crippen LogP) is 3.87. The first-order valence-electron chi connectivity index (χ1n) is 4.37. The van der Waals surface area contributed by atoms with Crippen molar-refractivity contribution in [3.05, 3.63) is 41.0 Å². The average molecular weight is 362 g/mol. The maximum absolute atomic E-state index is 9.05. The van der Waals surface area contributed by atoms with Gasteiger partial charge in [-0.05, 0) is 46.3 Å². The van der Waals surface area contributed by atoms with Gasteiger partial charge >= 0.3 is 0 Å². The molecular formula is C10H6ClIN3P. The minimum absolute atomic E-state index is 0.496. The summed E-state index contributed by atoms with van der Waals surface area (Å²) in [5.41, 5.74) is 2.37. The van der Waals surface area contributed by atoms with Crippen molar-refractivity contribution in [2.45, 2.75) is 0 Å². The summed E-state index contributed by atoms with van der Waals surface area (Å²) in [6.45, 7) is 0. The summed E-state index contributed by atoms with van der Waals surface area (Å²) < 4.78 is 1.85. The number of aromatic nitrogens is 2. The van der Waals surface area contributed by atoms with Crippen molar-refractivity contribution < 1.29 is 0 Å². The molecule has 6 heteroatoms. The van der Waals surface area contributed by atoms with Crippen LogP contribution in [0.25, 0.3) is 11.3 Å². The van der Waals surface area contributed by atoms with Gasteiger partial charge in [-0.2, -0.15) is 10.4 Å². The topological polar surface area (TPSA) is 41.6 Å². The van der Waals surface area contributed by atoms with E-state index in [2.05, 4.69) is 33.2 Å². The van der Waals surface area contributed by atoms with Crippen LogP contribution in [0, 0.1) is 11.3 Å². The van der Waals surface area contributed by atoms with Crippen LogP contribution in [0.5, 0.6) is 0 Å². The summed E-state index contributed by atoms with van der Waals surface area (Å²) in [6.07, 6.45) is 2.22. The molecule has 0 bridgehead atoms. The Morgan fingerprint density at radius 3 is 2.94 bits per heavy atom. The molecule has 1 aromatic heterocycles. The zero-order valence-corrected chi connectivity index (χ0v) is 11.9. The number of benzene rings is 1. The first kappa shape index (κ1) is 11.8. The first-order valence-corrected chi connectivity index (χ1v) is 8.81. The lowest BCUT2D eigenvalue weighted by Gasteiger charge is -2.06. The molecule has 0 amide bonds. The van der Waals surface area contributed by atoms with Crippen molar-refractivity contribution in [1.29, 1.82) is 5.26 Å². The molecule has 0 saturated carbocycles. The highest BCUT2D eigenvalue weighted by atomic mass is 127. The highest BCUT2D eigenvalue weighted by Gasteiger charge is 2.10. The molecule has 0 aliphatic rings. The van der Waals surface area contributed by atoms with E-state index in [4.69, 9.17) is 16.9 Å². The minimum Gasteiger partial charge on any atom is -0.237 e. The summed E-state index contributed by atoms with van der Waals surface area (Å²) in [7, 11) is 0. The second-order valence-electron chi connectivity index (χ2n) is 3.01. The van der Waals surface area contributed by atoms with Crippen LogP contribution in [0.15, 0.2) is 30.5 Å². The molecule has 1 heterocycles. The number of nitrogens with zero attached hydrogens (tertiary/aromatic N) is 3. The molecule has 0 saturated heterocycles. The second kappa shape index (κ2) is 5.13. The van der Waals surface area contributed by atoms with Crippen molar-refractivity contribution in [3.63, 3.8) is 0 Å². The highest BCUT2D eigenvalue weighted by molar-refractivity contribution is 14.2. The fraction of sp³-hybridized carbons (Fsp3) is 0. The summed E-state index contributed by atoms with van der Waals surface area (Å²) in [6, 6.07) is 9.29. The monoisotopic (exact) mass is 361 g/mol. The van der Waals surface area contributed by atoms with Crippen LogP contribution < -0.4 is 0 Å². The van der Waals surface area contributed by atoms with Crippen molar-refractivity contribution in [1.82, 2.24) is 9.55 Å². The molecule has 1 aromatic carbocycles. The first-order chi connectivity index (χ1) is 7.76. The fourth-order valence-corrected chi connectivity index (χ4v) is 3.12. The van der Waals surface area contributed by atoms with Crippen molar-refractivity contribution in [2.75, 3.05) is 0 Å². The Kier molecular flexibility index (Phi) is 3.80. The van der Waals surface area contributed by atoms with E-state index < -0.39 is 0 Å². The van der Waals surface area contributed by atoms with Gasteiger partial charge in [0.2, 0.25) is 0 Å². The van der Waals surface area contributed by atoms with Gasteiger partial charge < -0.3 is 0 Å². The van der Waals surface area contributed by atoms with Gasteiger partial charge in [0, 0.05) is 16.8 Å². The Hall–Kier alpha value is -0.630. The molecule has 1 unspecified atom stereocenters. The van der Waals surface area contributed by atoms with E-state index in [1.54, 1.807) is 24.4 Å². The molecule has 0 radical (unpaired) electrons. The Bertz CT molecular complexity index is 561. The Morgan fingerprint density at radius 1 is 1.44 bits per heavy atom. The average Bonchev–Trinajstić information content (AvgIpc) is 2.76. The van der Waals surface area contributed by atoms with E-state index >= 15 is 0 Å². The molecule has 2 rings (SSSR count). The van der Waals surface area contributed by atoms with Gasteiger partial charge in [-0.25, -0.2) is 4.45 Å². The summed E-state index contributed by atoms with van der Waals surface area (Å²) in [4.78, 5) is 0. The van der Waals surface area contributed by atoms with E-state index in [9.17, 15) is 0 Å². The molecule has 16 heavy (non-hydrogen) atoms. The summed E-state index contributed by atoms with van der Waals surface area (Å²) in [5.74, 6) is 0. The molecule has 80 valence electrons. The molecular weight excluding hydrogens is 355 g/mol. The number of hydrogen-bond donors (Lipinski definition) is 0.